The Labute approximate surface area is 166 Å². The molecular weight excluding hydrogens is 378 g/mol. The predicted molar refractivity (Wildman–Crippen MR) is 97.4 cm³/mol. The Morgan fingerprint density at radius 3 is 2.21 bits per heavy atom. The van der Waals surface area contributed by atoms with Crippen LogP contribution in [0.2, 0.25) is 0 Å². The van der Waals surface area contributed by atoms with Crippen LogP contribution in [-0.4, -0.2) is 47.6 Å². The highest BCUT2D eigenvalue weighted by Crippen LogP contribution is 2.52. The maximum Gasteiger partial charge on any atom is 0.326 e. The van der Waals surface area contributed by atoms with Crippen molar-refractivity contribution in [1.82, 2.24) is 15.8 Å². The first-order chi connectivity index (χ1) is 14.0. The number of rotatable bonds is 5. The van der Waals surface area contributed by atoms with Crippen molar-refractivity contribution in [2.75, 3.05) is 13.2 Å². The molecule has 2 bridgehead atoms. The first-order valence-corrected chi connectivity index (χ1v) is 9.29. The number of hydrogen-bond donors (Lipinski definition) is 2. The van der Waals surface area contributed by atoms with Gasteiger partial charge in [-0.05, 0) is 30.4 Å². The lowest BCUT2D eigenvalue weighted by Gasteiger charge is -2.16. The monoisotopic (exact) mass is 397 g/mol. The van der Waals surface area contributed by atoms with Gasteiger partial charge in [-0.3, -0.25) is 39.7 Å². The molecule has 1 aliphatic heterocycles. The van der Waals surface area contributed by atoms with Gasteiger partial charge in [-0.25, -0.2) is 0 Å². The van der Waals surface area contributed by atoms with Crippen LogP contribution in [-0.2, 0) is 23.9 Å². The summed E-state index contributed by atoms with van der Waals surface area (Å²) in [4.78, 5) is 61.5. The number of carbonyl (C=O) groups excluding carboxylic acids is 5. The van der Waals surface area contributed by atoms with Crippen molar-refractivity contribution in [2.24, 2.45) is 23.7 Å². The van der Waals surface area contributed by atoms with Crippen LogP contribution in [0.15, 0.2) is 42.5 Å². The lowest BCUT2D eigenvalue weighted by atomic mass is 9.85. The molecule has 0 spiro atoms. The minimum absolute atomic E-state index is 0.0569. The normalized spacial score (nSPS) is 26.4. The minimum Gasteiger partial charge on any atom is -0.454 e. The van der Waals surface area contributed by atoms with E-state index in [4.69, 9.17) is 4.74 Å². The molecule has 2 fully saturated rings. The molecule has 1 aromatic carbocycles. The van der Waals surface area contributed by atoms with Gasteiger partial charge in [0.05, 0.1) is 11.8 Å². The average molecular weight is 397 g/mol. The first kappa shape index (κ1) is 18.9. The molecule has 9 heteroatoms. The first-order valence-electron chi connectivity index (χ1n) is 9.29. The smallest absolute Gasteiger partial charge is 0.326 e. The van der Waals surface area contributed by atoms with E-state index in [1.165, 1.54) is 0 Å². The summed E-state index contributed by atoms with van der Waals surface area (Å²) in [5, 5.41) is 0. The number of allylic oxidation sites excluding steroid dienone is 2. The molecule has 1 saturated heterocycles. The Morgan fingerprint density at radius 1 is 0.966 bits per heavy atom. The number of nitrogens with one attached hydrogen (secondary N) is 2. The molecular formula is C20H19N3O6. The van der Waals surface area contributed by atoms with Gasteiger partial charge >= 0.3 is 5.97 Å². The molecule has 4 atom stereocenters. The van der Waals surface area contributed by atoms with E-state index >= 15 is 0 Å². The minimum atomic E-state index is -0.864. The zero-order valence-corrected chi connectivity index (χ0v) is 15.4. The van der Waals surface area contributed by atoms with E-state index in [1.54, 1.807) is 30.3 Å². The fraction of sp³-hybridized carbons (Fsp3) is 0.350. The third kappa shape index (κ3) is 3.51. The van der Waals surface area contributed by atoms with Gasteiger partial charge in [0.2, 0.25) is 11.8 Å². The van der Waals surface area contributed by atoms with E-state index in [-0.39, 0.29) is 35.5 Å². The van der Waals surface area contributed by atoms with Gasteiger partial charge in [0.1, 0.15) is 6.54 Å². The fourth-order valence-corrected chi connectivity index (χ4v) is 4.26. The number of benzene rings is 1. The Bertz CT molecular complexity index is 882. The third-order valence-corrected chi connectivity index (χ3v) is 5.56. The molecule has 4 amide bonds. The summed E-state index contributed by atoms with van der Waals surface area (Å²) in [5.41, 5.74) is 4.68. The van der Waals surface area contributed by atoms with E-state index in [2.05, 4.69) is 10.9 Å². The molecule has 1 heterocycles. The maximum atomic E-state index is 12.5. The van der Waals surface area contributed by atoms with Gasteiger partial charge in [0.15, 0.2) is 6.61 Å². The van der Waals surface area contributed by atoms with E-state index < -0.39 is 30.9 Å². The maximum absolute atomic E-state index is 12.5. The number of imide groups is 1. The predicted octanol–water partition coefficient (Wildman–Crippen LogP) is -0.202. The van der Waals surface area contributed by atoms with Crippen molar-refractivity contribution < 1.29 is 28.7 Å². The van der Waals surface area contributed by atoms with Crippen LogP contribution in [0.1, 0.15) is 16.8 Å². The summed E-state index contributed by atoms with van der Waals surface area (Å²) in [6, 6.07) is 8.24. The highest BCUT2D eigenvalue weighted by atomic mass is 16.5. The summed E-state index contributed by atoms with van der Waals surface area (Å²) in [6.45, 7) is -1.17. The SMILES string of the molecule is O=C(COC(=O)CN1C(=O)[C@@H]2[C@@H](C1=O)[C@H]1C=C[C@@H]2C1)NNC(=O)c1ccccc1. The molecule has 29 heavy (non-hydrogen) atoms. The molecule has 0 aromatic heterocycles. The van der Waals surface area contributed by atoms with Crippen LogP contribution in [0.4, 0.5) is 0 Å². The quantitative estimate of drug-likeness (QED) is 0.307. The molecule has 150 valence electrons. The molecule has 1 aromatic rings. The van der Waals surface area contributed by atoms with Crippen LogP contribution in [0.3, 0.4) is 0 Å². The molecule has 9 nitrogen and oxygen atoms in total. The number of carbonyl (C=O) groups is 5. The molecule has 0 unspecified atom stereocenters. The van der Waals surface area contributed by atoms with Crippen molar-refractivity contribution in [3.8, 4) is 0 Å². The Balaban J connectivity index is 1.22. The van der Waals surface area contributed by atoms with Crippen LogP contribution in [0, 0.1) is 23.7 Å². The average Bonchev–Trinajstić information content (AvgIpc) is 3.41. The zero-order chi connectivity index (χ0) is 20.5. The number of amides is 4. The highest BCUT2D eigenvalue weighted by Gasteiger charge is 2.59. The van der Waals surface area contributed by atoms with E-state index in [0.29, 0.717) is 5.56 Å². The molecule has 2 N–H and O–H groups in total. The molecule has 1 saturated carbocycles. The van der Waals surface area contributed by atoms with Crippen molar-refractivity contribution in [2.45, 2.75) is 6.42 Å². The third-order valence-electron chi connectivity index (χ3n) is 5.56. The topological polar surface area (TPSA) is 122 Å². The second-order valence-corrected chi connectivity index (χ2v) is 7.29. The fourth-order valence-electron chi connectivity index (χ4n) is 4.26. The van der Waals surface area contributed by atoms with Crippen LogP contribution in [0.25, 0.3) is 0 Å². The second-order valence-electron chi connectivity index (χ2n) is 7.29. The largest absolute Gasteiger partial charge is 0.454 e. The second kappa shape index (κ2) is 7.50. The van der Waals surface area contributed by atoms with Crippen molar-refractivity contribution >= 4 is 29.6 Å². The summed E-state index contributed by atoms with van der Waals surface area (Å²) < 4.78 is 4.83. The molecule has 4 rings (SSSR count). The van der Waals surface area contributed by atoms with Crippen molar-refractivity contribution in [1.29, 1.82) is 0 Å². The van der Waals surface area contributed by atoms with Gasteiger partial charge in [-0.2, -0.15) is 0 Å². The van der Waals surface area contributed by atoms with Crippen LogP contribution < -0.4 is 10.9 Å². The van der Waals surface area contributed by atoms with E-state index in [0.717, 1.165) is 11.3 Å². The highest BCUT2D eigenvalue weighted by molar-refractivity contribution is 6.08. The van der Waals surface area contributed by atoms with Gasteiger partial charge in [-0.15, -0.1) is 0 Å². The zero-order valence-electron chi connectivity index (χ0n) is 15.4. The Kier molecular flexibility index (Phi) is 4.87. The molecule has 2 aliphatic carbocycles. The van der Waals surface area contributed by atoms with Gasteiger partial charge in [-0.1, -0.05) is 30.4 Å². The summed E-state index contributed by atoms with van der Waals surface area (Å²) in [6.07, 6.45) is 4.74. The number of ether oxygens (including phenoxy) is 1. The van der Waals surface area contributed by atoms with Crippen LogP contribution in [0.5, 0.6) is 0 Å². The summed E-state index contributed by atoms with van der Waals surface area (Å²) in [7, 11) is 0. The molecule has 3 aliphatic rings. The van der Waals surface area contributed by atoms with Gasteiger partial charge in [0.25, 0.3) is 11.8 Å². The number of hydrogen-bond acceptors (Lipinski definition) is 6. The summed E-state index contributed by atoms with van der Waals surface area (Å²) >= 11 is 0. The van der Waals surface area contributed by atoms with Gasteiger partial charge in [0, 0.05) is 5.56 Å². The van der Waals surface area contributed by atoms with E-state index in [1.807, 2.05) is 12.2 Å². The number of nitrogens with zero attached hydrogens (tertiary/aromatic N) is 1. The summed E-state index contributed by atoms with van der Waals surface area (Å²) in [5.74, 6) is -3.50. The Morgan fingerprint density at radius 2 is 1.59 bits per heavy atom. The van der Waals surface area contributed by atoms with E-state index in [9.17, 15) is 24.0 Å². The molecule has 0 radical (unpaired) electrons. The lowest BCUT2D eigenvalue weighted by Crippen LogP contribution is -2.44. The number of hydrazine groups is 1. The van der Waals surface area contributed by atoms with Gasteiger partial charge < -0.3 is 4.74 Å². The standard InChI is InChI=1S/C20H19N3O6/c24-14(21-22-18(26)11-4-2-1-3-5-11)10-29-15(25)9-23-19(27)16-12-6-7-13(8-12)17(16)20(23)28/h1-7,12-13,16-17H,8-10H2,(H,21,24)(H,22,26)/t12-,13+,16-,17-/m0/s1. The number of likely N-dealkylation sites (tertiary alicyclic amines) is 1. The number of fused-ring (bicyclic) bond motifs is 5. The number of esters is 1. The lowest BCUT2D eigenvalue weighted by molar-refractivity contribution is -0.155. The van der Waals surface area contributed by atoms with Crippen LogP contribution >= 0.6 is 0 Å². The Hall–Kier alpha value is -3.49. The van der Waals surface area contributed by atoms with Crippen molar-refractivity contribution in [3.05, 3.63) is 48.0 Å². The van der Waals surface area contributed by atoms with Crippen molar-refractivity contribution in [3.63, 3.8) is 0 Å².